The molecule has 1 aromatic carbocycles. The van der Waals surface area contributed by atoms with Crippen molar-refractivity contribution in [1.82, 2.24) is 10.2 Å². The van der Waals surface area contributed by atoms with Crippen LogP contribution in [0.1, 0.15) is 43.5 Å². The zero-order valence-corrected chi connectivity index (χ0v) is 17.0. The Morgan fingerprint density at radius 2 is 1.96 bits per heavy atom. The minimum absolute atomic E-state index is 0.0482. The molecule has 2 fully saturated rings. The summed E-state index contributed by atoms with van der Waals surface area (Å²) < 4.78 is 10.7. The fourth-order valence-corrected chi connectivity index (χ4v) is 4.72. The van der Waals surface area contributed by atoms with E-state index in [0.717, 1.165) is 31.2 Å². The topological polar surface area (TPSA) is 67.9 Å². The van der Waals surface area contributed by atoms with Crippen LogP contribution in [-0.4, -0.2) is 49.3 Å². The highest BCUT2D eigenvalue weighted by molar-refractivity contribution is 7.99. The van der Waals surface area contributed by atoms with Crippen molar-refractivity contribution in [2.45, 2.75) is 44.0 Å². The zero-order chi connectivity index (χ0) is 19.4. The van der Waals surface area contributed by atoms with E-state index in [1.165, 1.54) is 0 Å². The van der Waals surface area contributed by atoms with Crippen molar-refractivity contribution in [1.29, 1.82) is 0 Å². The first-order chi connectivity index (χ1) is 13.1. The quantitative estimate of drug-likeness (QED) is 0.689. The Labute approximate surface area is 165 Å². The predicted molar refractivity (Wildman–Crippen MR) is 106 cm³/mol. The van der Waals surface area contributed by atoms with Gasteiger partial charge in [-0.05, 0) is 37.0 Å². The molecular formula is C20H28N2O4S. The van der Waals surface area contributed by atoms with Gasteiger partial charge < -0.3 is 19.7 Å². The molecule has 0 radical (unpaired) electrons. The van der Waals surface area contributed by atoms with Crippen molar-refractivity contribution in [3.8, 4) is 11.5 Å². The fraction of sp³-hybridized carbons (Fsp3) is 0.600. The van der Waals surface area contributed by atoms with E-state index in [-0.39, 0.29) is 23.1 Å². The van der Waals surface area contributed by atoms with Gasteiger partial charge in [0, 0.05) is 18.2 Å². The molecule has 0 unspecified atom stereocenters. The van der Waals surface area contributed by atoms with E-state index in [0.29, 0.717) is 23.8 Å². The van der Waals surface area contributed by atoms with E-state index >= 15 is 0 Å². The second-order valence-corrected chi connectivity index (χ2v) is 8.09. The number of methoxy groups -OCH3 is 2. The molecule has 1 N–H and O–H groups in total. The number of nitrogens with one attached hydrogen (secondary N) is 1. The van der Waals surface area contributed by atoms with Crippen LogP contribution in [0.2, 0.25) is 0 Å². The summed E-state index contributed by atoms with van der Waals surface area (Å²) in [7, 11) is 3.20. The van der Waals surface area contributed by atoms with E-state index in [1.54, 1.807) is 30.9 Å². The van der Waals surface area contributed by atoms with Crippen LogP contribution in [0.3, 0.4) is 0 Å². The number of ether oxygens (including phenoxy) is 2. The van der Waals surface area contributed by atoms with Gasteiger partial charge in [0.05, 0.1) is 14.2 Å². The molecule has 0 spiro atoms. The zero-order valence-electron chi connectivity index (χ0n) is 16.2. The summed E-state index contributed by atoms with van der Waals surface area (Å²) in [6, 6.07) is 5.28. The van der Waals surface area contributed by atoms with Gasteiger partial charge in [-0.2, -0.15) is 0 Å². The highest BCUT2D eigenvalue weighted by atomic mass is 32.2. The lowest BCUT2D eigenvalue weighted by Gasteiger charge is -2.29. The molecule has 1 saturated carbocycles. The van der Waals surface area contributed by atoms with Crippen molar-refractivity contribution >= 4 is 23.6 Å². The number of carbonyl (C=O) groups is 2. The number of hydrogen-bond donors (Lipinski definition) is 1. The first-order valence-electron chi connectivity index (χ1n) is 9.54. The minimum atomic E-state index is -0.418. The van der Waals surface area contributed by atoms with Gasteiger partial charge >= 0.3 is 0 Å². The van der Waals surface area contributed by atoms with Gasteiger partial charge in [-0.15, -0.1) is 11.8 Å². The van der Waals surface area contributed by atoms with E-state index < -0.39 is 6.04 Å². The molecule has 2 amide bonds. The molecule has 148 valence electrons. The van der Waals surface area contributed by atoms with Gasteiger partial charge in [-0.1, -0.05) is 19.4 Å². The Balaban J connectivity index is 1.83. The third-order valence-electron chi connectivity index (χ3n) is 5.01. The Kier molecular flexibility index (Phi) is 6.52. The lowest BCUT2D eigenvalue weighted by atomic mass is 10.1. The van der Waals surface area contributed by atoms with Crippen LogP contribution >= 0.6 is 11.8 Å². The number of unbranched alkanes of at least 4 members (excludes halogenated alkanes) is 1. The van der Waals surface area contributed by atoms with Crippen LogP contribution in [0, 0.1) is 5.92 Å². The molecule has 0 bridgehead atoms. The highest BCUT2D eigenvalue weighted by Crippen LogP contribution is 2.46. The Bertz CT molecular complexity index is 693. The average Bonchev–Trinajstić information content (AvgIpc) is 3.45. The summed E-state index contributed by atoms with van der Waals surface area (Å²) in [6.07, 6.45) is 3.81. The molecule has 1 aliphatic carbocycles. The Morgan fingerprint density at radius 1 is 1.22 bits per heavy atom. The number of nitrogens with zero attached hydrogens (tertiary/aromatic N) is 1. The molecule has 6 nitrogen and oxygen atoms in total. The summed E-state index contributed by atoms with van der Waals surface area (Å²) in [4.78, 5) is 27.5. The standard InChI is InChI=1S/C20H28N2O4S/c1-4-5-10-21-18(23)15-12-27-20(22(15)19(24)13-6-7-13)14-8-9-16(25-2)17(11-14)26-3/h8-9,11,13,15,20H,4-7,10,12H2,1-3H3,(H,21,23)/t15-,20-/m0/s1. The van der Waals surface area contributed by atoms with Crippen LogP contribution in [-0.2, 0) is 9.59 Å². The van der Waals surface area contributed by atoms with Gasteiger partial charge in [-0.3, -0.25) is 9.59 Å². The smallest absolute Gasteiger partial charge is 0.243 e. The summed E-state index contributed by atoms with van der Waals surface area (Å²) >= 11 is 1.63. The Morgan fingerprint density at radius 3 is 2.59 bits per heavy atom. The summed E-state index contributed by atoms with van der Waals surface area (Å²) in [5.74, 6) is 2.00. The van der Waals surface area contributed by atoms with Crippen molar-refractivity contribution in [2.24, 2.45) is 5.92 Å². The van der Waals surface area contributed by atoms with Gasteiger partial charge in [0.25, 0.3) is 0 Å². The molecule has 1 aromatic rings. The number of thioether (sulfide) groups is 1. The van der Waals surface area contributed by atoms with Crippen molar-refractivity contribution < 1.29 is 19.1 Å². The number of hydrogen-bond acceptors (Lipinski definition) is 5. The van der Waals surface area contributed by atoms with Crippen molar-refractivity contribution in [3.05, 3.63) is 23.8 Å². The maximum Gasteiger partial charge on any atom is 0.243 e. The van der Waals surface area contributed by atoms with E-state index in [2.05, 4.69) is 12.2 Å². The molecule has 1 heterocycles. The number of carbonyl (C=O) groups excluding carboxylic acids is 2. The van der Waals surface area contributed by atoms with Crippen LogP contribution in [0.25, 0.3) is 0 Å². The third kappa shape index (κ3) is 4.34. The molecule has 7 heteroatoms. The maximum atomic E-state index is 13.0. The first kappa shape index (κ1) is 19.9. The summed E-state index contributed by atoms with van der Waals surface area (Å²) in [5.41, 5.74) is 0.954. The number of benzene rings is 1. The number of amides is 2. The molecule has 1 aliphatic heterocycles. The monoisotopic (exact) mass is 392 g/mol. The van der Waals surface area contributed by atoms with Crippen molar-refractivity contribution in [2.75, 3.05) is 26.5 Å². The normalized spacial score (nSPS) is 21.8. The Hall–Kier alpha value is -1.89. The van der Waals surface area contributed by atoms with Gasteiger partial charge in [0.15, 0.2) is 11.5 Å². The van der Waals surface area contributed by atoms with Gasteiger partial charge in [0.1, 0.15) is 11.4 Å². The van der Waals surface area contributed by atoms with Crippen LogP contribution in [0.15, 0.2) is 18.2 Å². The van der Waals surface area contributed by atoms with E-state index in [4.69, 9.17) is 9.47 Å². The molecule has 1 saturated heterocycles. The second-order valence-electron chi connectivity index (χ2n) is 6.98. The van der Waals surface area contributed by atoms with Crippen LogP contribution in [0.5, 0.6) is 11.5 Å². The summed E-state index contributed by atoms with van der Waals surface area (Å²) in [6.45, 7) is 2.75. The minimum Gasteiger partial charge on any atom is -0.493 e. The molecule has 2 aliphatic rings. The maximum absolute atomic E-state index is 13.0. The van der Waals surface area contributed by atoms with E-state index in [9.17, 15) is 9.59 Å². The number of rotatable bonds is 8. The van der Waals surface area contributed by atoms with E-state index in [1.807, 2.05) is 18.2 Å². The highest BCUT2D eigenvalue weighted by Gasteiger charge is 2.46. The second kappa shape index (κ2) is 8.87. The first-order valence-corrected chi connectivity index (χ1v) is 10.6. The van der Waals surface area contributed by atoms with Crippen LogP contribution < -0.4 is 14.8 Å². The van der Waals surface area contributed by atoms with Gasteiger partial charge in [-0.25, -0.2) is 0 Å². The fourth-order valence-electron chi connectivity index (χ4n) is 3.29. The van der Waals surface area contributed by atoms with Crippen molar-refractivity contribution in [3.63, 3.8) is 0 Å². The van der Waals surface area contributed by atoms with Crippen LogP contribution in [0.4, 0.5) is 0 Å². The largest absolute Gasteiger partial charge is 0.493 e. The molecule has 2 atom stereocenters. The molecule has 3 rings (SSSR count). The lowest BCUT2D eigenvalue weighted by Crippen LogP contribution is -2.48. The SMILES string of the molecule is CCCCNC(=O)[C@@H]1CS[C@@H](c2ccc(OC)c(OC)c2)N1C(=O)C1CC1. The summed E-state index contributed by atoms with van der Waals surface area (Å²) in [5, 5.41) is 2.81. The average molecular weight is 393 g/mol. The van der Waals surface area contributed by atoms with Gasteiger partial charge in [0.2, 0.25) is 11.8 Å². The third-order valence-corrected chi connectivity index (χ3v) is 6.33. The molecule has 0 aromatic heterocycles. The predicted octanol–water partition coefficient (Wildman–Crippen LogP) is 2.97. The molecule has 27 heavy (non-hydrogen) atoms. The molecular weight excluding hydrogens is 364 g/mol. The lowest BCUT2D eigenvalue weighted by molar-refractivity contribution is -0.140.